The fourth-order valence-electron chi connectivity index (χ4n) is 1.67. The summed E-state index contributed by atoms with van der Waals surface area (Å²) in [6.07, 6.45) is 0. The van der Waals surface area contributed by atoms with Crippen molar-refractivity contribution in [1.82, 2.24) is 10.2 Å². The molecule has 118 valence electrons. The minimum Gasteiger partial charge on any atom is -0.354 e. The third-order valence-corrected chi connectivity index (χ3v) is 4.90. The summed E-state index contributed by atoms with van der Waals surface area (Å²) in [4.78, 5) is 36.2. The number of nitrogens with zero attached hydrogens (tertiary/aromatic N) is 1. The zero-order valence-electron chi connectivity index (χ0n) is 11.3. The second kappa shape index (κ2) is 7.85. The van der Waals surface area contributed by atoms with E-state index in [0.717, 1.165) is 16.7 Å². The molecule has 1 aliphatic heterocycles. The minimum absolute atomic E-state index is 0.00830. The van der Waals surface area contributed by atoms with Crippen LogP contribution >= 0.6 is 35.1 Å². The van der Waals surface area contributed by atoms with Crippen LogP contribution in [0, 0.1) is 5.82 Å². The first-order valence-electron chi connectivity index (χ1n) is 6.29. The Balaban J connectivity index is 1.70. The molecule has 1 fully saturated rings. The van der Waals surface area contributed by atoms with Crippen molar-refractivity contribution in [1.29, 1.82) is 0 Å². The number of benzene rings is 1. The summed E-state index contributed by atoms with van der Waals surface area (Å²) < 4.78 is 13.0. The Bertz CT molecular complexity index is 599. The van der Waals surface area contributed by atoms with E-state index < -0.39 is 5.82 Å². The molecule has 0 spiro atoms. The standard InChI is InChI=1S/C13H12ClFN2O3S2/c14-9-5-8(1-2-10(9)15)21-6-11(18)16-3-4-17-12(19)7-22-13(17)20/h1-2,5H,3-4,6-7H2,(H,16,18). The summed E-state index contributed by atoms with van der Waals surface area (Å²) in [5, 5.41) is 2.35. The zero-order valence-corrected chi connectivity index (χ0v) is 13.7. The van der Waals surface area contributed by atoms with Crippen LogP contribution in [0.15, 0.2) is 23.1 Å². The van der Waals surface area contributed by atoms with Crippen molar-refractivity contribution in [2.45, 2.75) is 4.90 Å². The van der Waals surface area contributed by atoms with Gasteiger partial charge >= 0.3 is 0 Å². The van der Waals surface area contributed by atoms with Gasteiger partial charge in [0.25, 0.3) is 5.24 Å². The quantitative estimate of drug-likeness (QED) is 0.787. The number of carbonyl (C=O) groups excluding carboxylic acids is 3. The van der Waals surface area contributed by atoms with Crippen molar-refractivity contribution in [2.75, 3.05) is 24.6 Å². The molecule has 1 aliphatic rings. The topological polar surface area (TPSA) is 66.5 Å². The highest BCUT2D eigenvalue weighted by atomic mass is 35.5. The number of imide groups is 1. The third-order valence-electron chi connectivity index (χ3n) is 2.76. The van der Waals surface area contributed by atoms with Gasteiger partial charge in [0, 0.05) is 18.0 Å². The van der Waals surface area contributed by atoms with E-state index >= 15 is 0 Å². The van der Waals surface area contributed by atoms with Gasteiger partial charge in [-0.2, -0.15) is 0 Å². The van der Waals surface area contributed by atoms with Crippen molar-refractivity contribution in [3.63, 3.8) is 0 Å². The molecule has 1 saturated heterocycles. The molecule has 1 N–H and O–H groups in total. The largest absolute Gasteiger partial charge is 0.354 e. The Hall–Kier alpha value is -1.25. The van der Waals surface area contributed by atoms with E-state index in [-0.39, 0.29) is 46.7 Å². The number of amides is 3. The molecule has 9 heteroatoms. The van der Waals surface area contributed by atoms with Gasteiger partial charge in [0.15, 0.2) is 0 Å². The van der Waals surface area contributed by atoms with Gasteiger partial charge in [0.2, 0.25) is 11.8 Å². The molecule has 5 nitrogen and oxygen atoms in total. The van der Waals surface area contributed by atoms with Gasteiger partial charge < -0.3 is 5.32 Å². The summed E-state index contributed by atoms with van der Waals surface area (Å²) in [7, 11) is 0. The van der Waals surface area contributed by atoms with Gasteiger partial charge in [-0.25, -0.2) is 4.39 Å². The highest BCUT2D eigenvalue weighted by Crippen LogP contribution is 2.23. The van der Waals surface area contributed by atoms with E-state index in [1.807, 2.05) is 0 Å². The lowest BCUT2D eigenvalue weighted by atomic mass is 10.3. The maximum Gasteiger partial charge on any atom is 0.288 e. The number of carbonyl (C=O) groups is 3. The van der Waals surface area contributed by atoms with Gasteiger partial charge in [0.05, 0.1) is 16.5 Å². The average molecular weight is 363 g/mol. The first kappa shape index (κ1) is 17.1. The smallest absolute Gasteiger partial charge is 0.288 e. The van der Waals surface area contributed by atoms with Gasteiger partial charge in [-0.3, -0.25) is 19.3 Å². The van der Waals surface area contributed by atoms with E-state index in [9.17, 15) is 18.8 Å². The Morgan fingerprint density at radius 3 is 2.86 bits per heavy atom. The number of rotatable bonds is 6. The lowest BCUT2D eigenvalue weighted by Gasteiger charge is -2.13. The number of nitrogens with one attached hydrogen (secondary N) is 1. The molecular weight excluding hydrogens is 351 g/mol. The van der Waals surface area contributed by atoms with Gasteiger partial charge in [-0.05, 0) is 18.2 Å². The number of thioether (sulfide) groups is 2. The minimum atomic E-state index is -0.506. The molecule has 3 amide bonds. The molecule has 1 aromatic carbocycles. The molecule has 0 atom stereocenters. The summed E-state index contributed by atoms with van der Waals surface area (Å²) in [6, 6.07) is 4.23. The molecule has 1 aromatic rings. The number of halogens is 2. The average Bonchev–Trinajstić information content (AvgIpc) is 2.80. The molecular formula is C13H12ClFN2O3S2. The van der Waals surface area contributed by atoms with Gasteiger partial charge in [-0.15, -0.1) is 11.8 Å². The first-order valence-corrected chi connectivity index (χ1v) is 8.64. The maximum absolute atomic E-state index is 13.0. The van der Waals surface area contributed by atoms with Crippen LogP contribution in [0.5, 0.6) is 0 Å². The molecule has 0 radical (unpaired) electrons. The molecule has 0 aliphatic carbocycles. The van der Waals surface area contributed by atoms with Crippen LogP contribution in [0.3, 0.4) is 0 Å². The number of hydrogen-bond acceptors (Lipinski definition) is 5. The summed E-state index contributed by atoms with van der Waals surface area (Å²) >= 11 is 7.83. The highest BCUT2D eigenvalue weighted by molar-refractivity contribution is 8.14. The Labute approximate surface area is 139 Å². The molecule has 0 unspecified atom stereocenters. The predicted octanol–water partition coefficient (Wildman–Crippen LogP) is 2.38. The molecule has 2 rings (SSSR count). The molecule has 1 heterocycles. The van der Waals surface area contributed by atoms with Crippen molar-refractivity contribution < 1.29 is 18.8 Å². The Morgan fingerprint density at radius 1 is 1.45 bits per heavy atom. The Morgan fingerprint density at radius 2 is 2.23 bits per heavy atom. The lowest BCUT2D eigenvalue weighted by Crippen LogP contribution is -2.38. The van der Waals surface area contributed by atoms with Crippen molar-refractivity contribution >= 4 is 52.2 Å². The van der Waals surface area contributed by atoms with Crippen molar-refractivity contribution in [3.8, 4) is 0 Å². The Kier molecular flexibility index (Phi) is 6.10. The summed E-state index contributed by atoms with van der Waals surface area (Å²) in [5.41, 5.74) is 0. The molecule has 0 saturated carbocycles. The predicted molar refractivity (Wildman–Crippen MR) is 84.7 cm³/mol. The molecule has 0 aromatic heterocycles. The van der Waals surface area contributed by atoms with E-state index in [2.05, 4.69) is 5.32 Å². The third kappa shape index (κ3) is 4.62. The van der Waals surface area contributed by atoms with E-state index in [0.29, 0.717) is 4.90 Å². The van der Waals surface area contributed by atoms with Crippen LogP contribution < -0.4 is 5.32 Å². The normalized spacial score (nSPS) is 14.5. The highest BCUT2D eigenvalue weighted by Gasteiger charge is 2.29. The van der Waals surface area contributed by atoms with Crippen LogP contribution in [0.4, 0.5) is 9.18 Å². The molecule has 22 heavy (non-hydrogen) atoms. The summed E-state index contributed by atoms with van der Waals surface area (Å²) in [6.45, 7) is 0.380. The van der Waals surface area contributed by atoms with Crippen LogP contribution in [-0.2, 0) is 9.59 Å². The number of hydrogen-bond donors (Lipinski definition) is 1. The van der Waals surface area contributed by atoms with Gasteiger partial charge in [-0.1, -0.05) is 23.4 Å². The molecule has 0 bridgehead atoms. The first-order chi connectivity index (χ1) is 10.5. The second-order valence-corrected chi connectivity index (χ2v) is 6.70. The zero-order chi connectivity index (χ0) is 16.1. The fraction of sp³-hybridized carbons (Fsp3) is 0.308. The van der Waals surface area contributed by atoms with Crippen LogP contribution in [-0.4, -0.2) is 46.5 Å². The van der Waals surface area contributed by atoms with E-state index in [1.54, 1.807) is 0 Å². The van der Waals surface area contributed by atoms with Gasteiger partial charge in [0.1, 0.15) is 5.82 Å². The van der Waals surface area contributed by atoms with Crippen molar-refractivity contribution in [3.05, 3.63) is 29.0 Å². The van der Waals surface area contributed by atoms with E-state index in [1.165, 1.54) is 30.0 Å². The van der Waals surface area contributed by atoms with Crippen LogP contribution in [0.1, 0.15) is 0 Å². The second-order valence-electron chi connectivity index (χ2n) is 4.31. The monoisotopic (exact) mass is 362 g/mol. The SMILES string of the molecule is O=C(CSc1ccc(F)c(Cl)c1)NCCN1C(=O)CSC1=O. The fourth-order valence-corrected chi connectivity index (χ4v) is 3.43. The summed E-state index contributed by atoms with van der Waals surface area (Å²) in [5.74, 6) is -0.683. The lowest BCUT2D eigenvalue weighted by molar-refractivity contribution is -0.125. The van der Waals surface area contributed by atoms with Crippen LogP contribution in [0.2, 0.25) is 5.02 Å². The van der Waals surface area contributed by atoms with E-state index in [4.69, 9.17) is 11.6 Å². The van der Waals surface area contributed by atoms with Crippen LogP contribution in [0.25, 0.3) is 0 Å². The maximum atomic E-state index is 13.0. The van der Waals surface area contributed by atoms with Crippen molar-refractivity contribution in [2.24, 2.45) is 0 Å².